The molecule has 2 rings (SSSR count). The number of anilines is 1. The van der Waals surface area contributed by atoms with E-state index in [9.17, 15) is 22.8 Å². The Morgan fingerprint density at radius 1 is 1.16 bits per heavy atom. The fourth-order valence-corrected chi connectivity index (χ4v) is 3.20. The summed E-state index contributed by atoms with van der Waals surface area (Å²) in [5, 5.41) is 5.23. The SMILES string of the molecule is CC(=O)NC1(C(=O)Nc2cc(CN)cc(C(F)(F)F)c2)CCCCC1. The lowest BCUT2D eigenvalue weighted by atomic mass is 9.80. The number of halogens is 3. The van der Waals surface area contributed by atoms with Gasteiger partial charge in [0.15, 0.2) is 0 Å². The molecule has 1 saturated carbocycles. The number of nitrogens with one attached hydrogen (secondary N) is 2. The van der Waals surface area contributed by atoms with Gasteiger partial charge in [-0.15, -0.1) is 0 Å². The van der Waals surface area contributed by atoms with Gasteiger partial charge in [0.1, 0.15) is 5.54 Å². The number of hydrogen-bond donors (Lipinski definition) is 3. The number of alkyl halides is 3. The molecule has 5 nitrogen and oxygen atoms in total. The van der Waals surface area contributed by atoms with Crippen molar-refractivity contribution in [3.8, 4) is 0 Å². The highest BCUT2D eigenvalue weighted by Gasteiger charge is 2.40. The number of rotatable bonds is 4. The van der Waals surface area contributed by atoms with Crippen LogP contribution in [0.5, 0.6) is 0 Å². The molecule has 0 aromatic heterocycles. The third kappa shape index (κ3) is 4.72. The van der Waals surface area contributed by atoms with E-state index < -0.39 is 23.2 Å². The van der Waals surface area contributed by atoms with E-state index in [0.717, 1.165) is 31.4 Å². The highest BCUT2D eigenvalue weighted by molar-refractivity contribution is 6.00. The van der Waals surface area contributed by atoms with E-state index in [0.29, 0.717) is 12.8 Å². The molecule has 0 bridgehead atoms. The van der Waals surface area contributed by atoms with E-state index in [1.165, 1.54) is 13.0 Å². The van der Waals surface area contributed by atoms with Gasteiger partial charge in [0.05, 0.1) is 5.56 Å². The summed E-state index contributed by atoms with van der Waals surface area (Å²) in [7, 11) is 0. The lowest BCUT2D eigenvalue weighted by Crippen LogP contribution is -2.57. The Kier molecular flexibility index (Phi) is 5.72. The molecule has 0 atom stereocenters. The van der Waals surface area contributed by atoms with Gasteiger partial charge < -0.3 is 16.4 Å². The van der Waals surface area contributed by atoms with Crippen molar-refractivity contribution in [1.82, 2.24) is 5.32 Å². The number of carbonyl (C=O) groups is 2. The number of hydrogen-bond acceptors (Lipinski definition) is 3. The topological polar surface area (TPSA) is 84.2 Å². The molecule has 1 fully saturated rings. The maximum atomic E-state index is 13.0. The van der Waals surface area contributed by atoms with Gasteiger partial charge in [0.25, 0.3) is 0 Å². The van der Waals surface area contributed by atoms with E-state index in [1.54, 1.807) is 0 Å². The van der Waals surface area contributed by atoms with Gasteiger partial charge in [0.2, 0.25) is 11.8 Å². The lowest BCUT2D eigenvalue weighted by Gasteiger charge is -2.36. The summed E-state index contributed by atoms with van der Waals surface area (Å²) in [5.74, 6) is -0.839. The fraction of sp³-hybridized carbons (Fsp3) is 0.529. The maximum Gasteiger partial charge on any atom is 0.416 e. The Labute approximate surface area is 144 Å². The predicted octanol–water partition coefficient (Wildman–Crippen LogP) is 2.94. The first-order valence-electron chi connectivity index (χ1n) is 8.18. The van der Waals surface area contributed by atoms with Crippen LogP contribution >= 0.6 is 0 Å². The molecule has 0 aliphatic heterocycles. The van der Waals surface area contributed by atoms with Crippen LogP contribution in [0.3, 0.4) is 0 Å². The highest BCUT2D eigenvalue weighted by Crippen LogP contribution is 2.33. The molecule has 0 unspecified atom stereocenters. The lowest BCUT2D eigenvalue weighted by molar-refractivity contribution is -0.137. The van der Waals surface area contributed by atoms with Gasteiger partial charge in [-0.2, -0.15) is 13.2 Å². The molecule has 4 N–H and O–H groups in total. The van der Waals surface area contributed by atoms with E-state index in [1.807, 2.05) is 0 Å². The summed E-state index contributed by atoms with van der Waals surface area (Å²) in [4.78, 5) is 24.3. The van der Waals surface area contributed by atoms with Gasteiger partial charge in [0, 0.05) is 19.2 Å². The molecule has 1 aliphatic carbocycles. The van der Waals surface area contributed by atoms with E-state index >= 15 is 0 Å². The molecule has 0 radical (unpaired) electrons. The van der Waals surface area contributed by atoms with Crippen LogP contribution in [-0.4, -0.2) is 17.4 Å². The fourth-order valence-electron chi connectivity index (χ4n) is 3.20. The zero-order chi connectivity index (χ0) is 18.7. The third-order valence-electron chi connectivity index (χ3n) is 4.37. The molecular weight excluding hydrogens is 335 g/mol. The third-order valence-corrected chi connectivity index (χ3v) is 4.37. The highest BCUT2D eigenvalue weighted by atomic mass is 19.4. The van der Waals surface area contributed by atoms with Crippen molar-refractivity contribution < 1.29 is 22.8 Å². The molecule has 0 saturated heterocycles. The quantitative estimate of drug-likeness (QED) is 0.775. The molecule has 0 heterocycles. The van der Waals surface area contributed by atoms with Crippen molar-refractivity contribution in [3.05, 3.63) is 29.3 Å². The van der Waals surface area contributed by atoms with Crippen LogP contribution in [0.1, 0.15) is 50.2 Å². The van der Waals surface area contributed by atoms with Gasteiger partial charge in [-0.05, 0) is 36.6 Å². The first-order chi connectivity index (χ1) is 11.7. The summed E-state index contributed by atoms with van der Waals surface area (Å²) in [6.45, 7) is 1.24. The Bertz CT molecular complexity index is 653. The first-order valence-corrected chi connectivity index (χ1v) is 8.18. The van der Waals surface area contributed by atoms with Crippen LogP contribution in [0, 0.1) is 0 Å². The van der Waals surface area contributed by atoms with E-state index in [4.69, 9.17) is 5.73 Å². The number of benzene rings is 1. The van der Waals surface area contributed by atoms with Gasteiger partial charge in [-0.25, -0.2) is 0 Å². The molecule has 2 amide bonds. The minimum absolute atomic E-state index is 0.0237. The van der Waals surface area contributed by atoms with Crippen molar-refractivity contribution in [2.45, 2.75) is 57.3 Å². The second kappa shape index (κ2) is 7.43. The predicted molar refractivity (Wildman–Crippen MR) is 87.6 cm³/mol. The van der Waals surface area contributed by atoms with Crippen molar-refractivity contribution in [3.63, 3.8) is 0 Å². The van der Waals surface area contributed by atoms with Gasteiger partial charge in [-0.3, -0.25) is 9.59 Å². The number of amides is 2. The summed E-state index contributed by atoms with van der Waals surface area (Å²) >= 11 is 0. The molecule has 1 aromatic carbocycles. The Morgan fingerprint density at radius 2 is 1.80 bits per heavy atom. The van der Waals surface area contributed by atoms with Crippen LogP contribution in [0.25, 0.3) is 0 Å². The first kappa shape index (κ1) is 19.2. The molecule has 1 aliphatic rings. The average Bonchev–Trinajstić information content (AvgIpc) is 2.53. The summed E-state index contributed by atoms with van der Waals surface area (Å²) in [6.07, 6.45) is -1.13. The second-order valence-electron chi connectivity index (χ2n) is 6.40. The molecule has 25 heavy (non-hydrogen) atoms. The summed E-state index contributed by atoms with van der Waals surface area (Å²) in [5.41, 5.74) is 3.79. The van der Waals surface area contributed by atoms with E-state index in [2.05, 4.69) is 10.6 Å². The Hall–Kier alpha value is -2.09. The van der Waals surface area contributed by atoms with Crippen molar-refractivity contribution in [2.24, 2.45) is 5.73 Å². The zero-order valence-corrected chi connectivity index (χ0v) is 14.0. The zero-order valence-electron chi connectivity index (χ0n) is 14.0. The minimum atomic E-state index is -4.54. The standard InChI is InChI=1S/C17H22F3N3O2/c1-11(24)23-16(5-3-2-4-6-16)15(25)22-14-8-12(10-21)7-13(9-14)17(18,19)20/h7-9H,2-6,10,21H2,1H3,(H,22,25)(H,23,24). The van der Waals surface area contributed by atoms with E-state index in [-0.39, 0.29) is 23.7 Å². The monoisotopic (exact) mass is 357 g/mol. The Morgan fingerprint density at radius 3 is 2.32 bits per heavy atom. The van der Waals surface area contributed by atoms with Gasteiger partial charge >= 0.3 is 6.18 Å². The van der Waals surface area contributed by atoms with Crippen molar-refractivity contribution in [1.29, 1.82) is 0 Å². The van der Waals surface area contributed by atoms with Crippen molar-refractivity contribution in [2.75, 3.05) is 5.32 Å². The van der Waals surface area contributed by atoms with Crippen LogP contribution in [-0.2, 0) is 22.3 Å². The van der Waals surface area contributed by atoms with Gasteiger partial charge in [-0.1, -0.05) is 19.3 Å². The normalized spacial score (nSPS) is 17.0. The molecule has 0 spiro atoms. The molecular formula is C17H22F3N3O2. The second-order valence-corrected chi connectivity index (χ2v) is 6.40. The van der Waals surface area contributed by atoms with Crippen LogP contribution in [0.15, 0.2) is 18.2 Å². The number of nitrogens with two attached hydrogens (primary N) is 1. The average molecular weight is 357 g/mol. The van der Waals surface area contributed by atoms with Crippen molar-refractivity contribution >= 4 is 17.5 Å². The maximum absolute atomic E-state index is 13.0. The summed E-state index contributed by atoms with van der Waals surface area (Å²) < 4.78 is 39.0. The Balaban J connectivity index is 2.30. The number of carbonyl (C=O) groups excluding carboxylic acids is 2. The molecule has 138 valence electrons. The largest absolute Gasteiger partial charge is 0.416 e. The van der Waals surface area contributed by atoms with Crippen LogP contribution in [0.4, 0.5) is 18.9 Å². The summed E-state index contributed by atoms with van der Waals surface area (Å²) in [6, 6.07) is 3.25. The molecule has 1 aromatic rings. The van der Waals surface area contributed by atoms with Crippen LogP contribution in [0.2, 0.25) is 0 Å². The molecule has 8 heteroatoms. The minimum Gasteiger partial charge on any atom is -0.342 e. The smallest absolute Gasteiger partial charge is 0.342 e. The van der Waals surface area contributed by atoms with Crippen LogP contribution < -0.4 is 16.4 Å².